The third-order valence-corrected chi connectivity index (χ3v) is 5.84. The van der Waals surface area contributed by atoms with Crippen LogP contribution in [0.15, 0.2) is 89.2 Å². The first-order valence-electron chi connectivity index (χ1n) is 11.2. The van der Waals surface area contributed by atoms with Crippen molar-refractivity contribution in [2.24, 2.45) is 4.99 Å². The quantitative estimate of drug-likeness (QED) is 0.490. The van der Waals surface area contributed by atoms with E-state index in [2.05, 4.69) is 10.4 Å². The van der Waals surface area contributed by atoms with Crippen molar-refractivity contribution in [2.75, 3.05) is 11.6 Å². The van der Waals surface area contributed by atoms with Gasteiger partial charge in [-0.2, -0.15) is 4.99 Å². The highest BCUT2D eigenvalue weighted by Gasteiger charge is 2.39. The van der Waals surface area contributed by atoms with Crippen molar-refractivity contribution >= 4 is 23.3 Å². The predicted octanol–water partition coefficient (Wildman–Crippen LogP) is 4.40. The normalized spacial score (nSPS) is 16.9. The molecular weight excluding hydrogens is 444 g/mol. The summed E-state index contributed by atoms with van der Waals surface area (Å²) in [6, 6.07) is 22.2. The molecule has 3 aromatic rings. The lowest BCUT2D eigenvalue weighted by atomic mass is 9.82. The number of aliphatic imine (C=N–C) groups is 1. The Morgan fingerprint density at radius 1 is 1.14 bits per heavy atom. The van der Waals surface area contributed by atoms with Crippen molar-refractivity contribution in [1.82, 2.24) is 5.43 Å². The molecule has 3 N–H and O–H groups in total. The Labute approximate surface area is 202 Å². The number of carbonyl (C=O) groups excluding carboxylic acids is 1. The summed E-state index contributed by atoms with van der Waals surface area (Å²) in [4.78, 5) is 17.3. The number of phenols is 1. The lowest BCUT2D eigenvalue weighted by molar-refractivity contribution is -0.135. The molecule has 0 fully saturated rings. The SMILES string of the molecule is CCOC(=O)C1=NC2=C(C(=N)N(c3ccc(C)cc3)N1)C(c1ccccc1)c1ccc(O)cc1O2. The van der Waals surface area contributed by atoms with Gasteiger partial charge in [0.25, 0.3) is 0 Å². The molecule has 0 aromatic heterocycles. The van der Waals surface area contributed by atoms with Crippen molar-refractivity contribution in [3.05, 3.63) is 101 Å². The van der Waals surface area contributed by atoms with Crippen molar-refractivity contribution in [2.45, 2.75) is 19.8 Å². The molecule has 0 spiro atoms. The fraction of sp³-hybridized carbons (Fsp3) is 0.148. The average Bonchev–Trinajstić information content (AvgIpc) is 3.00. The van der Waals surface area contributed by atoms with Gasteiger partial charge in [0.1, 0.15) is 11.5 Å². The van der Waals surface area contributed by atoms with E-state index in [1.165, 1.54) is 11.1 Å². The highest BCUT2D eigenvalue weighted by atomic mass is 16.5. The van der Waals surface area contributed by atoms with Gasteiger partial charge in [0.05, 0.1) is 17.9 Å². The lowest BCUT2D eigenvalue weighted by Gasteiger charge is -2.32. The number of nitrogens with zero attached hydrogens (tertiary/aromatic N) is 2. The summed E-state index contributed by atoms with van der Waals surface area (Å²) in [5, 5.41) is 20.9. The topological polar surface area (TPSA) is 107 Å². The molecule has 0 saturated heterocycles. The number of aryl methyl sites for hydroxylation is 1. The number of ether oxygens (including phenoxy) is 2. The number of rotatable bonds is 4. The summed E-state index contributed by atoms with van der Waals surface area (Å²) < 4.78 is 11.3. The fourth-order valence-electron chi connectivity index (χ4n) is 4.19. The molecule has 3 aromatic carbocycles. The smallest absolute Gasteiger partial charge is 0.375 e. The van der Waals surface area contributed by atoms with Gasteiger partial charge in [-0.25, -0.2) is 9.80 Å². The van der Waals surface area contributed by atoms with Gasteiger partial charge in [-0.1, -0.05) is 54.1 Å². The molecule has 2 aliphatic heterocycles. The second-order valence-corrected chi connectivity index (χ2v) is 8.20. The zero-order valence-electron chi connectivity index (χ0n) is 19.3. The molecule has 5 rings (SSSR count). The molecule has 35 heavy (non-hydrogen) atoms. The van der Waals surface area contributed by atoms with Gasteiger partial charge in [-0.15, -0.1) is 0 Å². The Bertz CT molecular complexity index is 1360. The summed E-state index contributed by atoms with van der Waals surface area (Å²) in [5.74, 6) is -0.613. The average molecular weight is 469 g/mol. The van der Waals surface area contributed by atoms with Crippen LogP contribution in [0.4, 0.5) is 5.69 Å². The molecule has 1 unspecified atom stereocenters. The van der Waals surface area contributed by atoms with E-state index in [-0.39, 0.29) is 29.9 Å². The molecule has 176 valence electrons. The van der Waals surface area contributed by atoms with E-state index in [1.807, 2.05) is 61.5 Å². The number of hydrazine groups is 1. The maximum atomic E-state index is 12.8. The number of carbonyl (C=O) groups is 1. The summed E-state index contributed by atoms with van der Waals surface area (Å²) in [6.07, 6.45) is 0. The van der Waals surface area contributed by atoms with E-state index in [0.29, 0.717) is 17.0 Å². The van der Waals surface area contributed by atoms with Gasteiger partial charge in [-0.3, -0.25) is 10.8 Å². The number of nitrogens with one attached hydrogen (secondary N) is 2. The number of hydrogen-bond donors (Lipinski definition) is 3. The van der Waals surface area contributed by atoms with Crippen LogP contribution in [0.1, 0.15) is 29.5 Å². The van der Waals surface area contributed by atoms with Crippen LogP contribution in [0, 0.1) is 12.3 Å². The molecule has 0 saturated carbocycles. The number of amidine groups is 2. The van der Waals surface area contributed by atoms with Crippen molar-refractivity contribution in [1.29, 1.82) is 5.41 Å². The number of aromatic hydroxyl groups is 1. The zero-order chi connectivity index (χ0) is 24.5. The van der Waals surface area contributed by atoms with Crippen LogP contribution in [0.2, 0.25) is 0 Å². The molecule has 0 bridgehead atoms. The Morgan fingerprint density at radius 2 is 1.89 bits per heavy atom. The monoisotopic (exact) mass is 468 g/mol. The number of benzene rings is 3. The molecule has 2 heterocycles. The molecule has 0 aliphatic carbocycles. The van der Waals surface area contributed by atoms with Crippen LogP contribution >= 0.6 is 0 Å². The Kier molecular flexibility index (Phi) is 5.70. The van der Waals surface area contributed by atoms with E-state index >= 15 is 0 Å². The lowest BCUT2D eigenvalue weighted by Crippen LogP contribution is -2.49. The maximum Gasteiger partial charge on any atom is 0.375 e. The first-order valence-corrected chi connectivity index (χ1v) is 11.2. The fourth-order valence-corrected chi connectivity index (χ4v) is 4.19. The number of anilines is 1. The Morgan fingerprint density at radius 3 is 2.60 bits per heavy atom. The van der Waals surface area contributed by atoms with Gasteiger partial charge in [0, 0.05) is 17.5 Å². The predicted molar refractivity (Wildman–Crippen MR) is 133 cm³/mol. The van der Waals surface area contributed by atoms with Crippen molar-refractivity contribution in [3.8, 4) is 11.5 Å². The number of fused-ring (bicyclic) bond motifs is 1. The van der Waals surface area contributed by atoms with Gasteiger partial charge in [0.2, 0.25) is 11.7 Å². The molecule has 8 heteroatoms. The van der Waals surface area contributed by atoms with E-state index in [1.54, 1.807) is 19.1 Å². The minimum atomic E-state index is -0.673. The summed E-state index contributed by atoms with van der Waals surface area (Å²) >= 11 is 0. The van der Waals surface area contributed by atoms with Crippen LogP contribution < -0.4 is 15.2 Å². The Balaban J connectivity index is 1.74. The van der Waals surface area contributed by atoms with E-state index in [9.17, 15) is 15.3 Å². The van der Waals surface area contributed by atoms with Gasteiger partial charge in [-0.05, 0) is 37.6 Å². The minimum absolute atomic E-state index is 0.0392. The largest absolute Gasteiger partial charge is 0.508 e. The minimum Gasteiger partial charge on any atom is -0.508 e. The first-order chi connectivity index (χ1) is 17.0. The van der Waals surface area contributed by atoms with Crippen LogP contribution in [0.3, 0.4) is 0 Å². The van der Waals surface area contributed by atoms with Crippen molar-refractivity contribution in [3.63, 3.8) is 0 Å². The summed E-state index contributed by atoms with van der Waals surface area (Å²) in [7, 11) is 0. The van der Waals surface area contributed by atoms with E-state index in [4.69, 9.17) is 9.47 Å². The van der Waals surface area contributed by atoms with Crippen LogP contribution in [-0.2, 0) is 9.53 Å². The highest BCUT2D eigenvalue weighted by molar-refractivity contribution is 6.37. The van der Waals surface area contributed by atoms with Crippen LogP contribution in [0.25, 0.3) is 0 Å². The molecule has 1 atom stereocenters. The standard InChI is InChI=1S/C27H24N4O4/c1-3-34-27(33)25-29-26-23(24(28)31(30-25)18-11-9-16(2)10-12-18)22(17-7-5-4-6-8-17)20-14-13-19(32)15-21(20)35-26/h4-15,22,28,32H,3H2,1-2H3,(H,29,30). The van der Waals surface area contributed by atoms with E-state index < -0.39 is 11.9 Å². The number of hydrogen-bond acceptors (Lipinski definition) is 7. The third kappa shape index (κ3) is 4.10. The van der Waals surface area contributed by atoms with Gasteiger partial charge in [0.15, 0.2) is 5.84 Å². The second-order valence-electron chi connectivity index (χ2n) is 8.20. The maximum absolute atomic E-state index is 12.8. The van der Waals surface area contributed by atoms with Crippen LogP contribution in [0.5, 0.6) is 11.5 Å². The molecular formula is C27H24N4O4. The third-order valence-electron chi connectivity index (χ3n) is 5.84. The number of esters is 1. The van der Waals surface area contributed by atoms with E-state index in [0.717, 1.165) is 16.7 Å². The van der Waals surface area contributed by atoms with Gasteiger partial charge >= 0.3 is 5.97 Å². The molecule has 0 radical (unpaired) electrons. The van der Waals surface area contributed by atoms with Crippen LogP contribution in [-0.4, -0.2) is 29.4 Å². The molecule has 8 nitrogen and oxygen atoms in total. The summed E-state index contributed by atoms with van der Waals surface area (Å²) in [5.41, 5.74) is 6.84. The summed E-state index contributed by atoms with van der Waals surface area (Å²) in [6.45, 7) is 3.85. The first kappa shape index (κ1) is 22.2. The second kappa shape index (κ2) is 8.98. The molecule has 0 amide bonds. The zero-order valence-corrected chi connectivity index (χ0v) is 19.3. The van der Waals surface area contributed by atoms with Crippen molar-refractivity contribution < 1.29 is 19.4 Å². The van der Waals surface area contributed by atoms with Gasteiger partial charge < -0.3 is 14.6 Å². The highest BCUT2D eigenvalue weighted by Crippen LogP contribution is 2.46. The Hall–Kier alpha value is -4.59. The number of phenolic OH excluding ortho intramolecular Hbond substituents is 1. The molecule has 2 aliphatic rings.